The lowest BCUT2D eigenvalue weighted by Crippen LogP contribution is -2.43. The van der Waals surface area contributed by atoms with Crippen molar-refractivity contribution in [2.45, 2.75) is 38.3 Å². The van der Waals surface area contributed by atoms with Crippen LogP contribution >= 0.6 is 0 Å². The predicted molar refractivity (Wildman–Crippen MR) is 64.2 cm³/mol. The maximum atomic E-state index is 11.3. The first-order valence-electron chi connectivity index (χ1n) is 5.58. The van der Waals surface area contributed by atoms with Gasteiger partial charge in [0.05, 0.1) is 0 Å². The molecule has 0 N–H and O–H groups in total. The summed E-state index contributed by atoms with van der Waals surface area (Å²) in [4.78, 5) is 24.5. The van der Waals surface area contributed by atoms with Crippen LogP contribution in [0.3, 0.4) is 0 Å². The number of hydrogen-bond acceptors (Lipinski definition) is 3. The van der Waals surface area contributed by atoms with Gasteiger partial charge in [0.2, 0.25) is 0 Å². The van der Waals surface area contributed by atoms with E-state index in [1.165, 1.54) is 6.08 Å². The van der Waals surface area contributed by atoms with Crippen LogP contribution in [-0.2, 0) is 9.59 Å². The predicted octanol–water partition coefficient (Wildman–Crippen LogP) is 1.74. The Hall–Kier alpha value is -1.22. The van der Waals surface area contributed by atoms with Gasteiger partial charge in [0, 0.05) is 24.9 Å². The number of ketones is 2. The molecule has 0 aromatic heterocycles. The first kappa shape index (κ1) is 12.8. The molecule has 0 amide bonds. The molecule has 0 aromatic rings. The number of carbonyl (C=O) groups excluding carboxylic acids is 2. The number of allylic oxidation sites excluding steroid dienone is 1. The SMILES string of the molecule is C=CC(=O)C[C@H]1C=CC[C@@H](CC(C)=O)N1C. The maximum absolute atomic E-state index is 11.3. The zero-order valence-electron chi connectivity index (χ0n) is 9.98. The van der Waals surface area contributed by atoms with E-state index in [-0.39, 0.29) is 23.7 Å². The second kappa shape index (κ2) is 5.75. The summed E-state index contributed by atoms with van der Waals surface area (Å²) in [5, 5.41) is 0. The largest absolute Gasteiger partial charge is 0.300 e. The first-order valence-corrected chi connectivity index (χ1v) is 5.58. The fraction of sp³-hybridized carbons (Fsp3) is 0.538. The summed E-state index contributed by atoms with van der Waals surface area (Å²) in [7, 11) is 1.97. The van der Waals surface area contributed by atoms with Crippen LogP contribution in [-0.4, -0.2) is 35.6 Å². The molecule has 0 saturated heterocycles. The Balaban J connectivity index is 2.63. The Labute approximate surface area is 96.8 Å². The van der Waals surface area contributed by atoms with E-state index in [1.807, 2.05) is 13.1 Å². The van der Waals surface area contributed by atoms with Crippen LogP contribution in [0.25, 0.3) is 0 Å². The van der Waals surface area contributed by atoms with Crippen molar-refractivity contribution in [1.29, 1.82) is 0 Å². The molecule has 88 valence electrons. The number of nitrogens with zero attached hydrogens (tertiary/aromatic N) is 1. The van der Waals surface area contributed by atoms with Crippen molar-refractivity contribution in [1.82, 2.24) is 4.90 Å². The molecular formula is C13H19NO2. The molecule has 3 heteroatoms. The standard InChI is InChI=1S/C13H19NO2/c1-4-13(16)9-12-7-5-6-11(14(12)3)8-10(2)15/h4-5,7,11-12H,1,6,8-9H2,2-3H3/t11-,12+/m0/s1. The van der Waals surface area contributed by atoms with Crippen molar-refractivity contribution >= 4 is 11.6 Å². The van der Waals surface area contributed by atoms with E-state index in [2.05, 4.69) is 17.6 Å². The minimum absolute atomic E-state index is 0.0463. The summed E-state index contributed by atoms with van der Waals surface area (Å²) in [6.45, 7) is 5.08. The molecule has 3 nitrogen and oxygen atoms in total. The minimum Gasteiger partial charge on any atom is -0.300 e. The number of Topliss-reactive ketones (excluding diaryl/α,β-unsaturated/α-hetero) is 1. The number of carbonyl (C=O) groups is 2. The van der Waals surface area contributed by atoms with Gasteiger partial charge in [-0.2, -0.15) is 0 Å². The van der Waals surface area contributed by atoms with Gasteiger partial charge in [-0.15, -0.1) is 0 Å². The molecule has 0 fully saturated rings. The van der Waals surface area contributed by atoms with Gasteiger partial charge in [-0.05, 0) is 26.5 Å². The summed E-state index contributed by atoms with van der Waals surface area (Å²) in [6.07, 6.45) is 7.35. The van der Waals surface area contributed by atoms with Crippen LogP contribution in [0.1, 0.15) is 26.2 Å². The van der Waals surface area contributed by atoms with Gasteiger partial charge in [-0.1, -0.05) is 18.7 Å². The Kier molecular flexibility index (Phi) is 4.62. The third-order valence-corrected chi connectivity index (χ3v) is 3.03. The molecule has 0 unspecified atom stereocenters. The van der Waals surface area contributed by atoms with Crippen LogP contribution in [0.4, 0.5) is 0 Å². The fourth-order valence-corrected chi connectivity index (χ4v) is 2.03. The zero-order valence-corrected chi connectivity index (χ0v) is 9.98. The summed E-state index contributed by atoms with van der Waals surface area (Å²) in [5.41, 5.74) is 0. The lowest BCUT2D eigenvalue weighted by Gasteiger charge is -2.35. The first-order chi connectivity index (χ1) is 7.54. The highest BCUT2D eigenvalue weighted by molar-refractivity contribution is 5.89. The van der Waals surface area contributed by atoms with Gasteiger partial charge in [0.25, 0.3) is 0 Å². The average molecular weight is 221 g/mol. The van der Waals surface area contributed by atoms with Crippen molar-refractivity contribution in [3.05, 3.63) is 24.8 Å². The molecule has 0 bridgehead atoms. The van der Waals surface area contributed by atoms with E-state index in [4.69, 9.17) is 0 Å². The van der Waals surface area contributed by atoms with Crippen molar-refractivity contribution < 1.29 is 9.59 Å². The highest BCUT2D eigenvalue weighted by Gasteiger charge is 2.25. The fourth-order valence-electron chi connectivity index (χ4n) is 2.03. The van der Waals surface area contributed by atoms with Gasteiger partial charge < -0.3 is 0 Å². The van der Waals surface area contributed by atoms with Crippen LogP contribution < -0.4 is 0 Å². The summed E-state index contributed by atoms with van der Waals surface area (Å²) in [6, 6.07) is 0.328. The van der Waals surface area contributed by atoms with Crippen molar-refractivity contribution in [2.75, 3.05) is 7.05 Å². The highest BCUT2D eigenvalue weighted by atomic mass is 16.1. The lowest BCUT2D eigenvalue weighted by molar-refractivity contribution is -0.118. The van der Waals surface area contributed by atoms with Gasteiger partial charge >= 0.3 is 0 Å². The minimum atomic E-state index is 0.0463. The van der Waals surface area contributed by atoms with E-state index in [0.29, 0.717) is 12.8 Å². The molecule has 1 aliphatic rings. The molecule has 16 heavy (non-hydrogen) atoms. The molecule has 0 saturated carbocycles. The van der Waals surface area contributed by atoms with Crippen molar-refractivity contribution in [3.63, 3.8) is 0 Å². The van der Waals surface area contributed by atoms with Crippen LogP contribution in [0.2, 0.25) is 0 Å². The highest BCUT2D eigenvalue weighted by Crippen LogP contribution is 2.20. The van der Waals surface area contributed by atoms with E-state index in [1.54, 1.807) is 6.92 Å². The van der Waals surface area contributed by atoms with Crippen LogP contribution in [0.15, 0.2) is 24.8 Å². The number of hydrogen-bond donors (Lipinski definition) is 0. The molecule has 1 heterocycles. The summed E-state index contributed by atoms with van der Waals surface area (Å²) >= 11 is 0. The third kappa shape index (κ3) is 3.42. The molecule has 2 atom stereocenters. The molecule has 0 aromatic carbocycles. The summed E-state index contributed by atoms with van der Waals surface area (Å²) in [5.74, 6) is 0.242. The third-order valence-electron chi connectivity index (χ3n) is 3.03. The molecule has 1 aliphatic heterocycles. The Morgan fingerprint density at radius 3 is 2.75 bits per heavy atom. The van der Waals surface area contributed by atoms with Gasteiger partial charge in [0.1, 0.15) is 5.78 Å². The van der Waals surface area contributed by atoms with Crippen LogP contribution in [0.5, 0.6) is 0 Å². The van der Waals surface area contributed by atoms with Gasteiger partial charge in [-0.25, -0.2) is 0 Å². The quantitative estimate of drug-likeness (QED) is 0.524. The second-order valence-electron chi connectivity index (χ2n) is 4.33. The number of rotatable bonds is 5. The van der Waals surface area contributed by atoms with E-state index in [0.717, 1.165) is 6.42 Å². The Bertz CT molecular complexity index is 320. The molecular weight excluding hydrogens is 202 g/mol. The zero-order chi connectivity index (χ0) is 12.1. The Morgan fingerprint density at radius 2 is 2.19 bits per heavy atom. The topological polar surface area (TPSA) is 37.4 Å². The molecule has 1 rings (SSSR count). The molecule has 0 aliphatic carbocycles. The van der Waals surface area contributed by atoms with E-state index in [9.17, 15) is 9.59 Å². The molecule has 0 radical (unpaired) electrons. The second-order valence-corrected chi connectivity index (χ2v) is 4.33. The smallest absolute Gasteiger partial charge is 0.156 e. The summed E-state index contributed by atoms with van der Waals surface area (Å²) < 4.78 is 0. The average Bonchev–Trinajstić information content (AvgIpc) is 2.23. The van der Waals surface area contributed by atoms with Gasteiger partial charge in [0.15, 0.2) is 5.78 Å². The van der Waals surface area contributed by atoms with Crippen LogP contribution in [0, 0.1) is 0 Å². The maximum Gasteiger partial charge on any atom is 0.156 e. The van der Waals surface area contributed by atoms with Gasteiger partial charge in [-0.3, -0.25) is 14.5 Å². The molecule has 0 spiro atoms. The van der Waals surface area contributed by atoms with E-state index < -0.39 is 0 Å². The van der Waals surface area contributed by atoms with Crippen molar-refractivity contribution in [2.24, 2.45) is 0 Å². The lowest BCUT2D eigenvalue weighted by atomic mass is 9.96. The van der Waals surface area contributed by atoms with E-state index >= 15 is 0 Å². The van der Waals surface area contributed by atoms with Crippen molar-refractivity contribution in [3.8, 4) is 0 Å². The Morgan fingerprint density at radius 1 is 1.50 bits per heavy atom. The number of likely N-dealkylation sites (N-methyl/N-ethyl adjacent to an activating group) is 1. The normalized spacial score (nSPS) is 25.4. The monoisotopic (exact) mass is 221 g/mol.